The van der Waals surface area contributed by atoms with Gasteiger partial charge in [-0.3, -0.25) is 11.7 Å². The predicted molar refractivity (Wildman–Crippen MR) is 108 cm³/mol. The highest BCUT2D eigenvalue weighted by atomic mass is 35.5. The van der Waals surface area contributed by atoms with Gasteiger partial charge in [-0.05, 0) is 37.1 Å². The van der Waals surface area contributed by atoms with Gasteiger partial charge in [-0.1, -0.05) is 29.8 Å². The lowest BCUT2D eigenvalue weighted by Gasteiger charge is -2.09. The summed E-state index contributed by atoms with van der Waals surface area (Å²) in [6, 6.07) is 11.4. The van der Waals surface area contributed by atoms with Crippen LogP contribution in [0.4, 0.5) is 8.78 Å². The van der Waals surface area contributed by atoms with Crippen LogP contribution in [0.3, 0.4) is 0 Å². The average molecular weight is 415 g/mol. The number of nitrogens with two attached hydrogens (primary N) is 2. The molecule has 2 aromatic heterocycles. The molecule has 2 heterocycles. The summed E-state index contributed by atoms with van der Waals surface area (Å²) in [7, 11) is 0. The SMILES string of the molecule is Fc1cccc(F)c1-c1ncc2nc(-c3ccccc3Cl)n(C3CC3)c2n1.NN. The van der Waals surface area contributed by atoms with E-state index >= 15 is 0 Å². The molecule has 1 aliphatic carbocycles. The second-order valence-corrected chi connectivity index (χ2v) is 6.92. The summed E-state index contributed by atoms with van der Waals surface area (Å²) < 4.78 is 30.3. The van der Waals surface area contributed by atoms with Crippen molar-refractivity contribution in [1.82, 2.24) is 19.5 Å². The summed E-state index contributed by atoms with van der Waals surface area (Å²) in [5.74, 6) is 7.31. The number of aromatic nitrogens is 4. The molecule has 0 aliphatic heterocycles. The van der Waals surface area contributed by atoms with Gasteiger partial charge in [0.1, 0.15) is 23.0 Å². The minimum absolute atomic E-state index is 0.00519. The lowest BCUT2D eigenvalue weighted by molar-refractivity contribution is 0.587. The van der Waals surface area contributed by atoms with Gasteiger partial charge in [-0.25, -0.2) is 23.7 Å². The van der Waals surface area contributed by atoms with Crippen LogP contribution in [0.1, 0.15) is 18.9 Å². The Bertz CT molecular complexity index is 1170. The highest BCUT2D eigenvalue weighted by Gasteiger charge is 2.30. The summed E-state index contributed by atoms with van der Waals surface area (Å²) in [6.07, 6.45) is 3.50. The first-order chi connectivity index (χ1) is 14.1. The molecule has 0 bridgehead atoms. The molecule has 4 aromatic rings. The Kier molecular flexibility index (Phi) is 5.23. The van der Waals surface area contributed by atoms with Crippen molar-refractivity contribution in [1.29, 1.82) is 0 Å². The van der Waals surface area contributed by atoms with Crippen molar-refractivity contribution in [2.45, 2.75) is 18.9 Å². The molecule has 0 unspecified atom stereocenters. The van der Waals surface area contributed by atoms with Crippen LogP contribution in [0.25, 0.3) is 33.9 Å². The highest BCUT2D eigenvalue weighted by Crippen LogP contribution is 2.42. The number of fused-ring (bicyclic) bond motifs is 1. The molecule has 0 saturated heterocycles. The Morgan fingerprint density at radius 1 is 0.966 bits per heavy atom. The number of benzene rings is 2. The van der Waals surface area contributed by atoms with E-state index in [-0.39, 0.29) is 17.4 Å². The van der Waals surface area contributed by atoms with E-state index < -0.39 is 11.6 Å². The summed E-state index contributed by atoms with van der Waals surface area (Å²) >= 11 is 6.36. The molecule has 29 heavy (non-hydrogen) atoms. The molecule has 0 radical (unpaired) electrons. The van der Waals surface area contributed by atoms with Gasteiger partial charge in [0.15, 0.2) is 11.5 Å². The lowest BCUT2D eigenvalue weighted by Crippen LogP contribution is -2.02. The van der Waals surface area contributed by atoms with E-state index in [1.54, 1.807) is 6.07 Å². The summed E-state index contributed by atoms with van der Waals surface area (Å²) in [6.45, 7) is 0. The second kappa shape index (κ2) is 7.82. The van der Waals surface area contributed by atoms with Crippen LogP contribution < -0.4 is 11.7 Å². The van der Waals surface area contributed by atoms with Gasteiger partial charge in [0.2, 0.25) is 0 Å². The third kappa shape index (κ3) is 3.46. The fourth-order valence-electron chi connectivity index (χ4n) is 3.23. The van der Waals surface area contributed by atoms with Gasteiger partial charge in [-0.2, -0.15) is 0 Å². The molecule has 1 saturated carbocycles. The van der Waals surface area contributed by atoms with E-state index in [2.05, 4.69) is 26.6 Å². The third-order valence-electron chi connectivity index (χ3n) is 4.65. The van der Waals surface area contributed by atoms with Crippen molar-refractivity contribution in [3.63, 3.8) is 0 Å². The molecule has 5 rings (SSSR count). The number of hydrogen-bond acceptors (Lipinski definition) is 5. The molecule has 1 fully saturated rings. The third-order valence-corrected chi connectivity index (χ3v) is 4.98. The van der Waals surface area contributed by atoms with Gasteiger partial charge in [0.05, 0.1) is 16.8 Å². The van der Waals surface area contributed by atoms with Crippen molar-refractivity contribution < 1.29 is 8.78 Å². The minimum Gasteiger partial charge on any atom is -0.305 e. The molecule has 0 amide bonds. The zero-order valence-corrected chi connectivity index (χ0v) is 15.9. The first-order valence-electron chi connectivity index (χ1n) is 8.91. The maximum absolute atomic E-state index is 14.2. The molecule has 9 heteroatoms. The van der Waals surface area contributed by atoms with Crippen LogP contribution in [0.2, 0.25) is 5.02 Å². The topological polar surface area (TPSA) is 95.6 Å². The molecule has 2 aromatic carbocycles. The van der Waals surface area contributed by atoms with Crippen LogP contribution in [-0.4, -0.2) is 19.5 Å². The molecule has 148 valence electrons. The quantitative estimate of drug-likeness (QED) is 0.386. The van der Waals surface area contributed by atoms with Gasteiger partial charge < -0.3 is 4.57 Å². The van der Waals surface area contributed by atoms with Crippen LogP contribution in [0, 0.1) is 11.6 Å². The maximum atomic E-state index is 14.2. The fraction of sp³-hybridized carbons (Fsp3) is 0.150. The first kappa shape index (κ1) is 19.4. The van der Waals surface area contributed by atoms with Gasteiger partial charge >= 0.3 is 0 Å². The number of halogens is 3. The summed E-state index contributed by atoms with van der Waals surface area (Å²) in [5, 5.41) is 0.586. The molecule has 1 aliphatic rings. The Morgan fingerprint density at radius 2 is 1.66 bits per heavy atom. The van der Waals surface area contributed by atoms with Crippen molar-refractivity contribution in [2.75, 3.05) is 0 Å². The number of nitrogens with zero attached hydrogens (tertiary/aromatic N) is 4. The van der Waals surface area contributed by atoms with E-state index in [1.807, 2.05) is 22.8 Å². The summed E-state index contributed by atoms with van der Waals surface area (Å²) in [5.41, 5.74) is 1.68. The Morgan fingerprint density at radius 3 is 2.31 bits per heavy atom. The first-order valence-corrected chi connectivity index (χ1v) is 9.29. The van der Waals surface area contributed by atoms with Crippen LogP contribution in [0.5, 0.6) is 0 Å². The molecule has 0 spiro atoms. The number of hydrazine groups is 1. The van der Waals surface area contributed by atoms with E-state index in [1.165, 1.54) is 24.4 Å². The van der Waals surface area contributed by atoms with Crippen LogP contribution in [-0.2, 0) is 0 Å². The predicted octanol–water partition coefficient (Wildman–Crippen LogP) is 4.25. The van der Waals surface area contributed by atoms with E-state index in [9.17, 15) is 8.78 Å². The Balaban J connectivity index is 0.000000994. The normalized spacial score (nSPS) is 13.3. The van der Waals surface area contributed by atoms with E-state index in [0.29, 0.717) is 22.0 Å². The largest absolute Gasteiger partial charge is 0.305 e. The molecule has 4 N–H and O–H groups in total. The number of rotatable bonds is 3. The lowest BCUT2D eigenvalue weighted by atomic mass is 10.2. The van der Waals surface area contributed by atoms with Gasteiger partial charge in [0, 0.05) is 11.6 Å². The van der Waals surface area contributed by atoms with Crippen molar-refractivity contribution in [2.24, 2.45) is 11.7 Å². The number of imidazole rings is 1. The Hall–Kier alpha value is -2.94. The van der Waals surface area contributed by atoms with Gasteiger partial charge in [0.25, 0.3) is 0 Å². The Labute approximate surface area is 170 Å². The molecule has 0 atom stereocenters. The monoisotopic (exact) mass is 414 g/mol. The van der Waals surface area contributed by atoms with E-state index in [4.69, 9.17) is 11.6 Å². The zero-order valence-electron chi connectivity index (χ0n) is 15.2. The number of hydrogen-bond donors (Lipinski definition) is 2. The smallest absolute Gasteiger partial charge is 0.167 e. The van der Waals surface area contributed by atoms with Crippen molar-refractivity contribution in [3.05, 3.63) is 65.3 Å². The second-order valence-electron chi connectivity index (χ2n) is 6.52. The molecule has 6 nitrogen and oxygen atoms in total. The summed E-state index contributed by atoms with van der Waals surface area (Å²) in [4.78, 5) is 13.3. The van der Waals surface area contributed by atoms with Crippen LogP contribution in [0.15, 0.2) is 48.7 Å². The van der Waals surface area contributed by atoms with E-state index in [0.717, 1.165) is 18.4 Å². The average Bonchev–Trinajstić information content (AvgIpc) is 3.50. The van der Waals surface area contributed by atoms with Crippen molar-refractivity contribution >= 4 is 22.8 Å². The minimum atomic E-state index is -0.696. The highest BCUT2D eigenvalue weighted by molar-refractivity contribution is 6.33. The maximum Gasteiger partial charge on any atom is 0.167 e. The van der Waals surface area contributed by atoms with Crippen LogP contribution >= 0.6 is 11.6 Å². The molecular formula is C20H17ClF2N6. The standard InChI is InChI=1S/C20H13ClF2N4.H4N2/c21-13-5-2-1-4-12(13)19-25-16-10-24-18(17-14(22)6-3-7-15(17)23)26-20(16)27(19)11-8-9-11;1-2/h1-7,10-11H,8-9H2;1-2H2. The zero-order chi connectivity index (χ0) is 20.5. The van der Waals surface area contributed by atoms with Gasteiger partial charge in [-0.15, -0.1) is 0 Å². The molecular weight excluding hydrogens is 398 g/mol. The fourth-order valence-corrected chi connectivity index (χ4v) is 3.45. The van der Waals surface area contributed by atoms with Crippen molar-refractivity contribution in [3.8, 4) is 22.8 Å².